The van der Waals surface area contributed by atoms with E-state index in [4.69, 9.17) is 14.3 Å². The molecule has 10 nitrogen and oxygen atoms in total. The molecule has 2 N–H and O–H groups in total. The number of carbonyl (C=O) groups excluding carboxylic acids is 2. The summed E-state index contributed by atoms with van der Waals surface area (Å²) in [7, 11) is 2.01. The van der Waals surface area contributed by atoms with E-state index in [1.165, 1.54) is 12.5 Å². The first kappa shape index (κ1) is 22.5. The van der Waals surface area contributed by atoms with E-state index in [0.717, 1.165) is 37.3 Å². The SMILES string of the molecule is Cc1cc2n(n1)CCN(C(=O)[C@@H]1CC[C@H](NC(=O)c3ccoc3)CN(C)C1)C2.O=CO. The van der Waals surface area contributed by atoms with Gasteiger partial charge in [-0.3, -0.25) is 19.1 Å². The van der Waals surface area contributed by atoms with Crippen molar-refractivity contribution in [1.29, 1.82) is 0 Å². The molecule has 0 spiro atoms. The molecule has 0 radical (unpaired) electrons. The van der Waals surface area contributed by atoms with Crippen molar-refractivity contribution in [2.45, 2.75) is 38.9 Å². The van der Waals surface area contributed by atoms with E-state index in [0.29, 0.717) is 25.2 Å². The Bertz CT molecular complexity index is 894. The zero-order chi connectivity index (χ0) is 22.4. The number of hydrogen-bond acceptors (Lipinski definition) is 6. The third-order valence-electron chi connectivity index (χ3n) is 5.63. The van der Waals surface area contributed by atoms with E-state index >= 15 is 0 Å². The summed E-state index contributed by atoms with van der Waals surface area (Å²) in [4.78, 5) is 37.9. The lowest BCUT2D eigenvalue weighted by Gasteiger charge is -2.31. The van der Waals surface area contributed by atoms with Gasteiger partial charge in [0.05, 0.1) is 42.2 Å². The lowest BCUT2D eigenvalue weighted by atomic mass is 9.99. The van der Waals surface area contributed by atoms with Gasteiger partial charge in [-0.05, 0) is 38.9 Å². The maximum atomic E-state index is 13.2. The lowest BCUT2D eigenvalue weighted by molar-refractivity contribution is -0.137. The average molecular weight is 431 g/mol. The van der Waals surface area contributed by atoms with Crippen molar-refractivity contribution < 1.29 is 23.9 Å². The molecule has 4 heterocycles. The van der Waals surface area contributed by atoms with Crippen molar-refractivity contribution in [3.63, 3.8) is 0 Å². The fourth-order valence-electron chi connectivity index (χ4n) is 4.25. The Morgan fingerprint density at radius 2 is 2.06 bits per heavy atom. The highest BCUT2D eigenvalue weighted by atomic mass is 16.3. The summed E-state index contributed by atoms with van der Waals surface area (Å²) in [6.07, 6.45) is 4.50. The van der Waals surface area contributed by atoms with Gasteiger partial charge in [0.15, 0.2) is 0 Å². The van der Waals surface area contributed by atoms with Gasteiger partial charge >= 0.3 is 0 Å². The van der Waals surface area contributed by atoms with Gasteiger partial charge in [0.1, 0.15) is 6.26 Å². The van der Waals surface area contributed by atoms with Crippen LogP contribution in [0.25, 0.3) is 0 Å². The number of carbonyl (C=O) groups is 3. The Morgan fingerprint density at radius 3 is 2.77 bits per heavy atom. The van der Waals surface area contributed by atoms with Crippen LogP contribution in [0.2, 0.25) is 0 Å². The van der Waals surface area contributed by atoms with Crippen molar-refractivity contribution >= 4 is 18.3 Å². The Balaban J connectivity index is 0.000000858. The first-order chi connectivity index (χ1) is 14.9. The zero-order valence-electron chi connectivity index (χ0n) is 17.9. The smallest absolute Gasteiger partial charge is 0.290 e. The van der Waals surface area contributed by atoms with Crippen LogP contribution in [0.5, 0.6) is 0 Å². The largest absolute Gasteiger partial charge is 0.483 e. The molecule has 10 heteroatoms. The molecule has 2 atom stereocenters. The number of likely N-dealkylation sites (N-methyl/N-ethyl adjacent to an activating group) is 1. The monoisotopic (exact) mass is 431 g/mol. The molecule has 0 unspecified atom stereocenters. The second kappa shape index (κ2) is 10.3. The van der Waals surface area contributed by atoms with E-state index < -0.39 is 0 Å². The Labute approximate surface area is 180 Å². The normalized spacial score (nSPS) is 21.3. The van der Waals surface area contributed by atoms with Crippen LogP contribution >= 0.6 is 0 Å². The summed E-state index contributed by atoms with van der Waals surface area (Å²) in [6.45, 7) is 5.26. The standard InChI is InChI=1S/C20H27N5O3.CH2O2/c1-14-9-18-12-24(6-7-25(18)22-14)20(27)15-3-4-17(11-23(2)10-15)21-19(26)16-5-8-28-13-16;2-1-3/h5,8-9,13,15,17H,3-4,6-7,10-12H2,1-2H3,(H,21,26);1H,(H,2,3)/t15-,17+;/m1./s1. The van der Waals surface area contributed by atoms with Crippen LogP contribution in [0.15, 0.2) is 29.1 Å². The summed E-state index contributed by atoms with van der Waals surface area (Å²) in [6, 6.07) is 3.74. The van der Waals surface area contributed by atoms with Gasteiger partial charge in [-0.25, -0.2) is 0 Å². The topological polar surface area (TPSA) is 121 Å². The maximum absolute atomic E-state index is 13.2. The summed E-state index contributed by atoms with van der Waals surface area (Å²) in [5.74, 6) is 0.0340. The lowest BCUT2D eigenvalue weighted by Crippen LogP contribution is -2.44. The highest BCUT2D eigenvalue weighted by Gasteiger charge is 2.32. The van der Waals surface area contributed by atoms with Crippen LogP contribution in [0.3, 0.4) is 0 Å². The Hall–Kier alpha value is -3.14. The van der Waals surface area contributed by atoms with E-state index in [2.05, 4.69) is 21.4 Å². The van der Waals surface area contributed by atoms with E-state index in [1.807, 2.05) is 23.6 Å². The number of rotatable bonds is 3. The summed E-state index contributed by atoms with van der Waals surface area (Å²) in [5, 5.41) is 14.4. The Morgan fingerprint density at radius 1 is 1.29 bits per heavy atom. The number of likely N-dealkylation sites (tertiary alicyclic amines) is 1. The number of aromatic nitrogens is 2. The van der Waals surface area contributed by atoms with Gasteiger partial charge < -0.3 is 24.6 Å². The molecule has 168 valence electrons. The molecule has 2 aliphatic heterocycles. The molecule has 2 amide bonds. The molecule has 0 aromatic carbocycles. The first-order valence-electron chi connectivity index (χ1n) is 10.3. The van der Waals surface area contributed by atoms with Crippen LogP contribution in [-0.2, 0) is 22.7 Å². The minimum absolute atomic E-state index is 0.0237. The van der Waals surface area contributed by atoms with Gasteiger partial charge in [0.25, 0.3) is 12.4 Å². The molecule has 0 bridgehead atoms. The van der Waals surface area contributed by atoms with E-state index in [-0.39, 0.29) is 30.2 Å². The number of nitrogens with zero attached hydrogens (tertiary/aromatic N) is 4. The van der Waals surface area contributed by atoms with Gasteiger partial charge in [0.2, 0.25) is 5.91 Å². The predicted octanol–water partition coefficient (Wildman–Crippen LogP) is 0.968. The molecule has 31 heavy (non-hydrogen) atoms. The number of hydrogen-bond donors (Lipinski definition) is 2. The maximum Gasteiger partial charge on any atom is 0.290 e. The van der Waals surface area contributed by atoms with Crippen LogP contribution < -0.4 is 5.32 Å². The number of nitrogens with one attached hydrogen (secondary N) is 1. The van der Waals surface area contributed by atoms with Gasteiger partial charge in [-0.1, -0.05) is 0 Å². The second-order valence-corrected chi connectivity index (χ2v) is 8.04. The summed E-state index contributed by atoms with van der Waals surface area (Å²) in [5.41, 5.74) is 2.62. The number of fused-ring (bicyclic) bond motifs is 1. The molecular weight excluding hydrogens is 402 g/mol. The fraction of sp³-hybridized carbons (Fsp3) is 0.524. The van der Waals surface area contributed by atoms with Crippen LogP contribution in [0.4, 0.5) is 0 Å². The minimum Gasteiger partial charge on any atom is -0.483 e. The average Bonchev–Trinajstić information content (AvgIpc) is 3.35. The van der Waals surface area contributed by atoms with Crippen molar-refractivity contribution in [3.8, 4) is 0 Å². The fourth-order valence-corrected chi connectivity index (χ4v) is 4.25. The van der Waals surface area contributed by atoms with Gasteiger partial charge in [-0.2, -0.15) is 5.10 Å². The minimum atomic E-state index is -0.250. The molecule has 1 saturated heterocycles. The van der Waals surface area contributed by atoms with E-state index in [1.54, 1.807) is 6.07 Å². The molecule has 0 saturated carbocycles. The Kier molecular flexibility index (Phi) is 7.45. The second-order valence-electron chi connectivity index (χ2n) is 8.04. The molecule has 2 aliphatic rings. The van der Waals surface area contributed by atoms with E-state index in [9.17, 15) is 9.59 Å². The van der Waals surface area contributed by atoms with Gasteiger partial charge in [0, 0.05) is 25.7 Å². The van der Waals surface area contributed by atoms with Crippen LogP contribution in [-0.4, -0.2) is 75.7 Å². The highest BCUT2D eigenvalue weighted by Crippen LogP contribution is 2.22. The van der Waals surface area contributed by atoms with Crippen LogP contribution in [0.1, 0.15) is 34.6 Å². The third kappa shape index (κ3) is 5.72. The third-order valence-corrected chi connectivity index (χ3v) is 5.63. The highest BCUT2D eigenvalue weighted by molar-refractivity contribution is 5.94. The first-order valence-corrected chi connectivity index (χ1v) is 10.3. The van der Waals surface area contributed by atoms with Crippen molar-refractivity contribution in [1.82, 2.24) is 24.9 Å². The van der Waals surface area contributed by atoms with Crippen molar-refractivity contribution in [2.75, 3.05) is 26.7 Å². The summed E-state index contributed by atoms with van der Waals surface area (Å²) >= 11 is 0. The molecule has 2 aromatic heterocycles. The number of furan rings is 1. The number of amides is 2. The molecular formula is C21H29N5O5. The molecule has 0 aliphatic carbocycles. The van der Waals surface area contributed by atoms with Gasteiger partial charge in [-0.15, -0.1) is 0 Å². The number of carboxylic acid groups (broad SMARTS) is 1. The van der Waals surface area contributed by atoms with Crippen LogP contribution in [0, 0.1) is 12.8 Å². The molecule has 2 aromatic rings. The molecule has 4 rings (SSSR count). The zero-order valence-corrected chi connectivity index (χ0v) is 17.9. The van der Waals surface area contributed by atoms with Crippen molar-refractivity contribution in [2.24, 2.45) is 5.92 Å². The number of aryl methyl sites for hydroxylation is 1. The van der Waals surface area contributed by atoms with Crippen molar-refractivity contribution in [3.05, 3.63) is 41.6 Å². The molecule has 1 fully saturated rings. The summed E-state index contributed by atoms with van der Waals surface area (Å²) < 4.78 is 6.98. The quantitative estimate of drug-likeness (QED) is 0.695. The predicted molar refractivity (Wildman–Crippen MR) is 111 cm³/mol.